The van der Waals surface area contributed by atoms with Gasteiger partial charge in [-0.25, -0.2) is 5.01 Å². The quantitative estimate of drug-likeness (QED) is 0.840. The van der Waals surface area contributed by atoms with E-state index in [9.17, 15) is 0 Å². The first-order chi connectivity index (χ1) is 11.6. The lowest BCUT2D eigenvalue weighted by molar-refractivity contribution is 0.367. The molecule has 0 saturated carbocycles. The zero-order chi connectivity index (χ0) is 17.1. The Balaban J connectivity index is 1.96. The summed E-state index contributed by atoms with van der Waals surface area (Å²) in [5.74, 6) is 0.809. The Morgan fingerprint density at radius 2 is 2.08 bits per heavy atom. The molecule has 0 radical (unpaired) electrons. The van der Waals surface area contributed by atoms with E-state index < -0.39 is 0 Å². The van der Waals surface area contributed by atoms with E-state index in [2.05, 4.69) is 5.32 Å². The van der Waals surface area contributed by atoms with Gasteiger partial charge in [-0.2, -0.15) is 5.10 Å². The van der Waals surface area contributed by atoms with Gasteiger partial charge in [0.15, 0.2) is 5.11 Å². The molecular formula is C18H18ClN3OS. The van der Waals surface area contributed by atoms with Gasteiger partial charge in [0.25, 0.3) is 0 Å². The molecule has 2 aromatic rings. The maximum atomic E-state index is 6.16. The molecule has 0 spiro atoms. The van der Waals surface area contributed by atoms with Crippen LogP contribution in [0.5, 0.6) is 5.75 Å². The van der Waals surface area contributed by atoms with Crippen LogP contribution in [0.2, 0.25) is 5.02 Å². The van der Waals surface area contributed by atoms with Crippen molar-refractivity contribution in [3.63, 3.8) is 0 Å². The summed E-state index contributed by atoms with van der Waals surface area (Å²) in [4.78, 5) is 0. The first kappa shape index (κ1) is 16.7. The molecule has 0 bridgehead atoms. The van der Waals surface area contributed by atoms with Gasteiger partial charge in [-0.3, -0.25) is 0 Å². The molecule has 1 aliphatic rings. The topological polar surface area (TPSA) is 36.9 Å². The molecule has 0 aliphatic carbocycles. The molecule has 1 heterocycles. The van der Waals surface area contributed by atoms with Crippen molar-refractivity contribution in [3.05, 3.63) is 64.7 Å². The lowest BCUT2D eigenvalue weighted by Crippen LogP contribution is -2.34. The van der Waals surface area contributed by atoms with Crippen molar-refractivity contribution >= 4 is 34.6 Å². The normalized spacial score (nSPS) is 16.7. The third-order valence-electron chi connectivity index (χ3n) is 3.97. The van der Waals surface area contributed by atoms with Crippen LogP contribution in [-0.2, 0) is 0 Å². The zero-order valence-electron chi connectivity index (χ0n) is 13.5. The summed E-state index contributed by atoms with van der Waals surface area (Å²) >= 11 is 11.6. The minimum Gasteiger partial charge on any atom is -0.497 e. The van der Waals surface area contributed by atoms with Crippen molar-refractivity contribution in [2.75, 3.05) is 14.2 Å². The molecule has 0 amide bonds. The average molecular weight is 360 g/mol. The monoisotopic (exact) mass is 359 g/mol. The van der Waals surface area contributed by atoms with Crippen molar-refractivity contribution in [2.45, 2.75) is 12.5 Å². The molecule has 1 atom stereocenters. The summed E-state index contributed by atoms with van der Waals surface area (Å²) in [5.41, 5.74) is 3.08. The van der Waals surface area contributed by atoms with Crippen molar-refractivity contribution < 1.29 is 4.74 Å². The van der Waals surface area contributed by atoms with E-state index in [1.807, 2.05) is 53.5 Å². The van der Waals surface area contributed by atoms with Crippen LogP contribution in [0.25, 0.3) is 0 Å². The highest BCUT2D eigenvalue weighted by Gasteiger charge is 2.31. The Hall–Kier alpha value is -2.11. The molecule has 1 aliphatic heterocycles. The number of ether oxygens (including phenoxy) is 1. The van der Waals surface area contributed by atoms with Gasteiger partial charge in [-0.1, -0.05) is 35.9 Å². The summed E-state index contributed by atoms with van der Waals surface area (Å²) < 4.78 is 5.31. The SMILES string of the molecule is CNC(=S)N1N=C(c2cccc(OC)c2)C[C@@H]1c1cccc(Cl)c1. The highest BCUT2D eigenvalue weighted by Crippen LogP contribution is 2.34. The van der Waals surface area contributed by atoms with Crippen LogP contribution >= 0.6 is 23.8 Å². The molecule has 3 rings (SSSR count). The maximum Gasteiger partial charge on any atom is 0.189 e. The number of nitrogens with zero attached hydrogens (tertiary/aromatic N) is 2. The molecule has 4 nitrogen and oxygen atoms in total. The summed E-state index contributed by atoms with van der Waals surface area (Å²) in [6.45, 7) is 0. The number of hydrazone groups is 1. The van der Waals surface area contributed by atoms with Crippen LogP contribution < -0.4 is 10.1 Å². The molecule has 0 saturated heterocycles. The lowest BCUT2D eigenvalue weighted by atomic mass is 9.98. The highest BCUT2D eigenvalue weighted by molar-refractivity contribution is 7.80. The average Bonchev–Trinajstić information content (AvgIpc) is 3.06. The number of nitrogens with one attached hydrogen (secondary N) is 1. The second-order valence-electron chi connectivity index (χ2n) is 5.45. The van der Waals surface area contributed by atoms with E-state index in [4.69, 9.17) is 33.7 Å². The van der Waals surface area contributed by atoms with E-state index in [0.717, 1.165) is 29.0 Å². The number of halogens is 1. The van der Waals surface area contributed by atoms with E-state index in [1.54, 1.807) is 14.2 Å². The number of thiocarbonyl (C=S) groups is 1. The van der Waals surface area contributed by atoms with Gasteiger partial charge in [-0.15, -0.1) is 0 Å². The Bertz CT molecular complexity index is 793. The van der Waals surface area contributed by atoms with E-state index in [0.29, 0.717) is 10.1 Å². The van der Waals surface area contributed by atoms with Crippen LogP contribution in [0, 0.1) is 0 Å². The van der Waals surface area contributed by atoms with Crippen LogP contribution in [0.4, 0.5) is 0 Å². The minimum atomic E-state index is 0.0184. The van der Waals surface area contributed by atoms with Crippen molar-refractivity contribution in [2.24, 2.45) is 5.10 Å². The van der Waals surface area contributed by atoms with Gasteiger partial charge >= 0.3 is 0 Å². The van der Waals surface area contributed by atoms with Crippen molar-refractivity contribution in [1.29, 1.82) is 0 Å². The highest BCUT2D eigenvalue weighted by atomic mass is 35.5. The number of benzene rings is 2. The Kier molecular flexibility index (Phi) is 5.02. The van der Waals surface area contributed by atoms with Crippen LogP contribution in [0.1, 0.15) is 23.6 Å². The van der Waals surface area contributed by atoms with E-state index in [1.165, 1.54) is 0 Å². The van der Waals surface area contributed by atoms with Gasteiger partial charge in [0, 0.05) is 24.1 Å². The largest absolute Gasteiger partial charge is 0.497 e. The molecule has 24 heavy (non-hydrogen) atoms. The van der Waals surface area contributed by atoms with Gasteiger partial charge < -0.3 is 10.1 Å². The Morgan fingerprint density at radius 1 is 1.29 bits per heavy atom. The molecule has 0 unspecified atom stereocenters. The predicted octanol–water partition coefficient (Wildman–Crippen LogP) is 4.00. The molecule has 0 fully saturated rings. The second-order valence-corrected chi connectivity index (χ2v) is 6.28. The molecule has 124 valence electrons. The fourth-order valence-electron chi connectivity index (χ4n) is 2.76. The van der Waals surface area contributed by atoms with Gasteiger partial charge in [-0.05, 0) is 42.0 Å². The van der Waals surface area contributed by atoms with Gasteiger partial charge in [0.2, 0.25) is 0 Å². The number of hydrogen-bond acceptors (Lipinski definition) is 3. The lowest BCUT2D eigenvalue weighted by Gasteiger charge is -2.23. The van der Waals surface area contributed by atoms with Gasteiger partial charge in [0.1, 0.15) is 5.75 Å². The predicted molar refractivity (Wildman–Crippen MR) is 102 cm³/mol. The van der Waals surface area contributed by atoms with Gasteiger partial charge in [0.05, 0.1) is 18.9 Å². The number of hydrogen-bond donors (Lipinski definition) is 1. The van der Waals surface area contributed by atoms with E-state index >= 15 is 0 Å². The fraction of sp³-hybridized carbons (Fsp3) is 0.222. The fourth-order valence-corrected chi connectivity index (χ4v) is 3.13. The van der Waals surface area contributed by atoms with E-state index in [-0.39, 0.29) is 6.04 Å². The summed E-state index contributed by atoms with van der Waals surface area (Å²) in [5, 5.41) is 10.9. The Labute approximate surface area is 152 Å². The summed E-state index contributed by atoms with van der Waals surface area (Å²) in [6, 6.07) is 15.7. The van der Waals surface area contributed by atoms with Crippen molar-refractivity contribution in [1.82, 2.24) is 10.3 Å². The first-order valence-electron chi connectivity index (χ1n) is 7.60. The molecule has 1 N–H and O–H groups in total. The number of methoxy groups -OCH3 is 1. The smallest absolute Gasteiger partial charge is 0.189 e. The minimum absolute atomic E-state index is 0.0184. The zero-order valence-corrected chi connectivity index (χ0v) is 15.1. The third-order valence-corrected chi connectivity index (χ3v) is 4.59. The van der Waals surface area contributed by atoms with Crippen LogP contribution in [-0.4, -0.2) is 30.0 Å². The van der Waals surface area contributed by atoms with Crippen molar-refractivity contribution in [3.8, 4) is 5.75 Å². The summed E-state index contributed by atoms with van der Waals surface area (Å²) in [6.07, 6.45) is 0.745. The number of rotatable bonds is 3. The third kappa shape index (κ3) is 3.37. The van der Waals surface area contributed by atoms with Crippen LogP contribution in [0.3, 0.4) is 0 Å². The molecule has 6 heteroatoms. The molecule has 2 aromatic carbocycles. The maximum absolute atomic E-state index is 6.16. The molecule has 0 aromatic heterocycles. The van der Waals surface area contributed by atoms with Crippen LogP contribution in [0.15, 0.2) is 53.6 Å². The standard InChI is InChI=1S/C18H18ClN3OS/c1-20-18(24)22-17(13-6-3-7-14(19)9-13)11-16(21-22)12-5-4-8-15(10-12)23-2/h3-10,17H,11H2,1-2H3,(H,20,24)/t17-/m1/s1. The summed E-state index contributed by atoms with van der Waals surface area (Å²) in [7, 11) is 3.46. The Morgan fingerprint density at radius 3 is 2.79 bits per heavy atom. The first-order valence-corrected chi connectivity index (χ1v) is 8.39. The second kappa shape index (κ2) is 7.20. The molecular weight excluding hydrogens is 342 g/mol.